The van der Waals surface area contributed by atoms with E-state index in [1.807, 2.05) is 24.3 Å². The van der Waals surface area contributed by atoms with Crippen molar-refractivity contribution in [2.24, 2.45) is 5.92 Å². The Bertz CT molecular complexity index is 1540. The van der Waals surface area contributed by atoms with Crippen molar-refractivity contribution >= 4 is 34.5 Å². The molecule has 1 aliphatic rings. The van der Waals surface area contributed by atoms with Crippen molar-refractivity contribution in [3.8, 4) is 17.8 Å². The summed E-state index contributed by atoms with van der Waals surface area (Å²) in [5.41, 5.74) is 2.83. The van der Waals surface area contributed by atoms with Gasteiger partial charge in [0.15, 0.2) is 11.8 Å². The van der Waals surface area contributed by atoms with Gasteiger partial charge in [0.25, 0.3) is 5.91 Å². The first kappa shape index (κ1) is 25.9. The first-order valence-corrected chi connectivity index (χ1v) is 13.0. The Balaban J connectivity index is 1.44. The quantitative estimate of drug-likeness (QED) is 0.307. The zero-order valence-electron chi connectivity index (χ0n) is 21.7. The number of fused-ring (bicyclic) bond motifs is 1. The lowest BCUT2D eigenvalue weighted by atomic mass is 10.0. The average molecular weight is 527 g/mol. The molecule has 0 atom stereocenters. The Morgan fingerprint density at radius 1 is 1.03 bits per heavy atom. The lowest BCUT2D eigenvalue weighted by Crippen LogP contribution is -2.27. The molecule has 5 rings (SSSR count). The Kier molecular flexibility index (Phi) is 7.23. The van der Waals surface area contributed by atoms with E-state index in [0.717, 1.165) is 18.4 Å². The third kappa shape index (κ3) is 5.43. The molecular formula is C29H30N6O4. The predicted octanol–water partition coefficient (Wildman–Crippen LogP) is 4.62. The highest BCUT2D eigenvalue weighted by atomic mass is 16.3. The standard InChI is InChI=1S/C29H30N6O4/c1-33(27(38)16-19-4-2-3-5-19)22-10-11-24-23(17-22)31-29(32-28(39)21-8-6-20(18-30)7-9-21)34(24)14-15-35-25(36)12-13-26(35)37/h6-13,17,19,36-37H,2-5,14-16H2,1H3,(H,31,32,39). The molecule has 2 heterocycles. The second-order valence-electron chi connectivity index (χ2n) is 9.91. The molecule has 200 valence electrons. The monoisotopic (exact) mass is 526 g/mol. The molecule has 0 spiro atoms. The number of rotatable bonds is 8. The van der Waals surface area contributed by atoms with Gasteiger partial charge in [-0.1, -0.05) is 12.8 Å². The Morgan fingerprint density at radius 3 is 2.36 bits per heavy atom. The van der Waals surface area contributed by atoms with Crippen LogP contribution in [0.15, 0.2) is 54.6 Å². The van der Waals surface area contributed by atoms with Gasteiger partial charge in [-0.2, -0.15) is 5.26 Å². The minimum absolute atomic E-state index is 0.0635. The normalized spacial score (nSPS) is 13.4. The van der Waals surface area contributed by atoms with Crippen LogP contribution in [-0.2, 0) is 17.9 Å². The van der Waals surface area contributed by atoms with Gasteiger partial charge in [-0.3, -0.25) is 19.5 Å². The van der Waals surface area contributed by atoms with Gasteiger partial charge in [-0.15, -0.1) is 0 Å². The number of hydrogen-bond acceptors (Lipinski definition) is 6. The molecule has 2 aromatic carbocycles. The molecular weight excluding hydrogens is 496 g/mol. The van der Waals surface area contributed by atoms with Crippen molar-refractivity contribution in [2.45, 2.75) is 45.2 Å². The van der Waals surface area contributed by atoms with E-state index in [1.165, 1.54) is 29.5 Å². The Labute approximate surface area is 225 Å². The molecule has 10 heteroatoms. The van der Waals surface area contributed by atoms with Crippen LogP contribution in [0, 0.1) is 17.2 Å². The summed E-state index contributed by atoms with van der Waals surface area (Å²) in [4.78, 5) is 32.3. The molecule has 0 bridgehead atoms. The number of anilines is 2. The number of benzene rings is 2. The number of aromatic nitrogens is 3. The number of nitrogens with one attached hydrogen (secondary N) is 1. The van der Waals surface area contributed by atoms with Crippen molar-refractivity contribution in [3.63, 3.8) is 0 Å². The summed E-state index contributed by atoms with van der Waals surface area (Å²) < 4.78 is 3.14. The van der Waals surface area contributed by atoms with Crippen LogP contribution in [-0.4, -0.2) is 43.2 Å². The first-order valence-electron chi connectivity index (χ1n) is 13.0. The number of aryl methyl sites for hydroxylation is 1. The summed E-state index contributed by atoms with van der Waals surface area (Å²) in [7, 11) is 1.76. The van der Waals surface area contributed by atoms with E-state index in [0.29, 0.717) is 34.7 Å². The van der Waals surface area contributed by atoms with E-state index in [9.17, 15) is 19.8 Å². The third-order valence-corrected chi connectivity index (χ3v) is 7.41. The average Bonchev–Trinajstić information content (AvgIpc) is 3.66. The second-order valence-corrected chi connectivity index (χ2v) is 9.91. The molecule has 1 fully saturated rings. The summed E-state index contributed by atoms with van der Waals surface area (Å²) in [5, 5.41) is 32.0. The predicted molar refractivity (Wildman–Crippen MR) is 147 cm³/mol. The van der Waals surface area contributed by atoms with Gasteiger partial charge < -0.3 is 19.7 Å². The van der Waals surface area contributed by atoms with E-state index < -0.39 is 5.91 Å². The molecule has 0 unspecified atom stereocenters. The van der Waals surface area contributed by atoms with E-state index >= 15 is 0 Å². The van der Waals surface area contributed by atoms with Gasteiger partial charge in [-0.25, -0.2) is 4.98 Å². The van der Waals surface area contributed by atoms with Gasteiger partial charge in [-0.05, 0) is 61.2 Å². The van der Waals surface area contributed by atoms with Gasteiger partial charge in [0, 0.05) is 49.9 Å². The summed E-state index contributed by atoms with van der Waals surface area (Å²) >= 11 is 0. The van der Waals surface area contributed by atoms with Crippen LogP contribution in [0.1, 0.15) is 48.0 Å². The maximum Gasteiger partial charge on any atom is 0.257 e. The molecule has 39 heavy (non-hydrogen) atoms. The van der Waals surface area contributed by atoms with Gasteiger partial charge in [0.05, 0.1) is 22.7 Å². The van der Waals surface area contributed by atoms with E-state index in [1.54, 1.807) is 40.8 Å². The molecule has 0 radical (unpaired) electrons. The number of nitriles is 1. The van der Waals surface area contributed by atoms with E-state index in [4.69, 9.17) is 5.26 Å². The molecule has 2 aromatic heterocycles. The number of amides is 2. The molecule has 10 nitrogen and oxygen atoms in total. The fourth-order valence-electron chi connectivity index (χ4n) is 5.14. The fraction of sp³-hybridized carbons (Fsp3) is 0.310. The fourth-order valence-corrected chi connectivity index (χ4v) is 5.14. The molecule has 4 aromatic rings. The molecule has 2 amide bonds. The molecule has 0 aliphatic heterocycles. The lowest BCUT2D eigenvalue weighted by Gasteiger charge is -2.19. The highest BCUT2D eigenvalue weighted by Crippen LogP contribution is 2.30. The third-order valence-electron chi connectivity index (χ3n) is 7.41. The molecule has 1 aliphatic carbocycles. The Morgan fingerprint density at radius 2 is 1.69 bits per heavy atom. The van der Waals surface area contributed by atoms with Crippen LogP contribution in [0.2, 0.25) is 0 Å². The maximum absolute atomic E-state index is 13.0. The number of nitrogens with zero attached hydrogens (tertiary/aromatic N) is 5. The number of aromatic hydroxyl groups is 2. The first-order chi connectivity index (χ1) is 18.8. The highest BCUT2D eigenvalue weighted by molar-refractivity contribution is 6.04. The van der Waals surface area contributed by atoms with E-state index in [-0.39, 0.29) is 36.7 Å². The van der Waals surface area contributed by atoms with Crippen molar-refractivity contribution in [1.82, 2.24) is 14.1 Å². The molecule has 1 saturated carbocycles. The smallest absolute Gasteiger partial charge is 0.257 e. The molecule has 3 N–H and O–H groups in total. The van der Waals surface area contributed by atoms with E-state index in [2.05, 4.69) is 10.3 Å². The highest BCUT2D eigenvalue weighted by Gasteiger charge is 2.22. The van der Waals surface area contributed by atoms with Crippen molar-refractivity contribution in [3.05, 3.63) is 65.7 Å². The summed E-state index contributed by atoms with van der Waals surface area (Å²) in [5.74, 6) is 0.228. The van der Waals surface area contributed by atoms with Crippen LogP contribution in [0.5, 0.6) is 11.8 Å². The van der Waals surface area contributed by atoms with Crippen LogP contribution < -0.4 is 10.2 Å². The lowest BCUT2D eigenvalue weighted by molar-refractivity contribution is -0.119. The zero-order valence-corrected chi connectivity index (χ0v) is 21.7. The summed E-state index contributed by atoms with van der Waals surface area (Å²) in [6.07, 6.45) is 5.08. The van der Waals surface area contributed by atoms with Crippen molar-refractivity contribution in [1.29, 1.82) is 5.26 Å². The largest absolute Gasteiger partial charge is 0.494 e. The zero-order chi connectivity index (χ0) is 27.5. The number of carbonyl (C=O) groups excluding carboxylic acids is 2. The minimum Gasteiger partial charge on any atom is -0.494 e. The number of carbonyl (C=O) groups is 2. The maximum atomic E-state index is 13.0. The van der Waals surface area contributed by atoms with Crippen LogP contribution in [0.4, 0.5) is 11.6 Å². The van der Waals surface area contributed by atoms with Crippen LogP contribution in [0.25, 0.3) is 11.0 Å². The van der Waals surface area contributed by atoms with Crippen molar-refractivity contribution in [2.75, 3.05) is 17.3 Å². The van der Waals surface area contributed by atoms with Gasteiger partial charge in [0.2, 0.25) is 11.9 Å². The van der Waals surface area contributed by atoms with Gasteiger partial charge >= 0.3 is 0 Å². The Hall–Kier alpha value is -4.78. The van der Waals surface area contributed by atoms with Crippen molar-refractivity contribution < 1.29 is 19.8 Å². The molecule has 0 saturated heterocycles. The number of imidazole rings is 1. The topological polar surface area (TPSA) is 136 Å². The van der Waals surface area contributed by atoms with Crippen LogP contribution in [0.3, 0.4) is 0 Å². The van der Waals surface area contributed by atoms with Crippen LogP contribution >= 0.6 is 0 Å². The summed E-state index contributed by atoms with van der Waals surface area (Å²) in [6, 6.07) is 16.6. The van der Waals surface area contributed by atoms with Gasteiger partial charge in [0.1, 0.15) is 0 Å². The SMILES string of the molecule is CN(C(=O)CC1CCCC1)c1ccc2c(c1)nc(NC(=O)c1ccc(C#N)cc1)n2CCn1c(O)ccc1O. The number of hydrogen-bond donors (Lipinski definition) is 3. The minimum atomic E-state index is -0.396. The summed E-state index contributed by atoms with van der Waals surface area (Å²) in [6.45, 7) is 0.502. The second kappa shape index (κ2) is 10.9.